The van der Waals surface area contributed by atoms with E-state index in [-0.39, 0.29) is 11.7 Å². The fourth-order valence-electron chi connectivity index (χ4n) is 3.89. The molecule has 0 saturated carbocycles. The molecule has 4 rings (SSSR count). The lowest BCUT2D eigenvalue weighted by Gasteiger charge is -2.17. The molecule has 1 saturated heterocycles. The van der Waals surface area contributed by atoms with E-state index >= 15 is 0 Å². The van der Waals surface area contributed by atoms with Gasteiger partial charge in [-0.2, -0.15) is 4.31 Å². The number of pyridine rings is 1. The molecule has 0 unspecified atom stereocenters. The fourth-order valence-corrected chi connectivity index (χ4v) is 5.41. The van der Waals surface area contributed by atoms with Crippen molar-refractivity contribution < 1.29 is 12.8 Å². The quantitative estimate of drug-likeness (QED) is 0.630. The molecule has 150 valence electrons. The van der Waals surface area contributed by atoms with Crippen LogP contribution >= 0.6 is 0 Å². The maximum absolute atomic E-state index is 13.5. The molecule has 0 amide bonds. The van der Waals surface area contributed by atoms with Crippen LogP contribution in [0.4, 0.5) is 4.39 Å². The first-order valence-corrected chi connectivity index (χ1v) is 11.1. The van der Waals surface area contributed by atoms with Gasteiger partial charge in [0.25, 0.3) is 0 Å². The van der Waals surface area contributed by atoms with Crippen LogP contribution in [0.15, 0.2) is 71.6 Å². The van der Waals surface area contributed by atoms with Crippen molar-refractivity contribution in [1.29, 1.82) is 0 Å². The van der Waals surface area contributed by atoms with E-state index in [9.17, 15) is 12.8 Å². The second-order valence-corrected chi connectivity index (χ2v) is 9.45. The van der Waals surface area contributed by atoms with Crippen LogP contribution in [0.3, 0.4) is 0 Å². The van der Waals surface area contributed by atoms with Crippen molar-refractivity contribution in [2.24, 2.45) is 0 Å². The highest BCUT2D eigenvalue weighted by Gasteiger charge is 2.33. The number of aromatic nitrogens is 1. The number of halogens is 1. The number of rotatable bonds is 5. The van der Waals surface area contributed by atoms with E-state index in [0.29, 0.717) is 24.4 Å². The molecule has 1 fully saturated rings. The van der Waals surface area contributed by atoms with Gasteiger partial charge in [0, 0.05) is 30.4 Å². The van der Waals surface area contributed by atoms with E-state index in [1.54, 1.807) is 40.7 Å². The summed E-state index contributed by atoms with van der Waals surface area (Å²) in [7, 11) is -3.49. The average molecular weight is 411 g/mol. The van der Waals surface area contributed by atoms with Gasteiger partial charge in [-0.15, -0.1) is 0 Å². The molecule has 2 aromatic carbocycles. The highest BCUT2D eigenvalue weighted by molar-refractivity contribution is 7.89. The predicted molar refractivity (Wildman–Crippen MR) is 111 cm³/mol. The average Bonchev–Trinajstić information content (AvgIpc) is 3.19. The Hall–Kier alpha value is -2.57. The lowest BCUT2D eigenvalue weighted by molar-refractivity contribution is 0.472. The van der Waals surface area contributed by atoms with Crippen LogP contribution in [0.5, 0.6) is 0 Å². The zero-order valence-electron chi connectivity index (χ0n) is 16.3. The molecule has 0 radical (unpaired) electrons. The van der Waals surface area contributed by atoms with Crippen molar-refractivity contribution in [2.45, 2.75) is 30.6 Å². The van der Waals surface area contributed by atoms with Crippen LogP contribution in [-0.2, 0) is 16.4 Å². The first kappa shape index (κ1) is 19.7. The molecule has 6 heteroatoms. The first-order chi connectivity index (χ1) is 13.9. The fraction of sp³-hybridized carbons (Fsp3) is 0.261. The molecule has 0 N–H and O–H groups in total. The largest absolute Gasteiger partial charge is 0.258 e. The number of aryl methyl sites for hydroxylation is 1. The Balaban J connectivity index is 1.54. The van der Waals surface area contributed by atoms with Crippen molar-refractivity contribution in [3.8, 4) is 0 Å². The zero-order chi connectivity index (χ0) is 20.4. The molecule has 2 heterocycles. The van der Waals surface area contributed by atoms with Crippen LogP contribution in [0.1, 0.15) is 34.9 Å². The molecule has 0 aliphatic carbocycles. The van der Waals surface area contributed by atoms with Gasteiger partial charge in [0.15, 0.2) is 0 Å². The molecule has 29 heavy (non-hydrogen) atoms. The smallest absolute Gasteiger partial charge is 0.243 e. The third-order valence-electron chi connectivity index (χ3n) is 5.28. The van der Waals surface area contributed by atoms with Gasteiger partial charge in [-0.1, -0.05) is 30.3 Å². The Morgan fingerprint density at radius 1 is 1.03 bits per heavy atom. The predicted octanol–water partition coefficient (Wildman–Crippen LogP) is 4.30. The molecule has 1 aliphatic rings. The van der Waals surface area contributed by atoms with Gasteiger partial charge in [-0.05, 0) is 67.3 Å². The monoisotopic (exact) mass is 410 g/mol. The van der Waals surface area contributed by atoms with E-state index in [0.717, 1.165) is 28.9 Å². The van der Waals surface area contributed by atoms with E-state index in [1.807, 2.05) is 31.2 Å². The lowest BCUT2D eigenvalue weighted by Crippen LogP contribution is -2.28. The molecule has 4 nitrogen and oxygen atoms in total. The van der Waals surface area contributed by atoms with Crippen molar-refractivity contribution in [2.75, 3.05) is 13.1 Å². The van der Waals surface area contributed by atoms with Gasteiger partial charge in [0.05, 0.1) is 4.90 Å². The molecule has 0 spiro atoms. The Morgan fingerprint density at radius 3 is 2.59 bits per heavy atom. The normalized spacial score (nSPS) is 17.5. The Labute approximate surface area is 171 Å². The zero-order valence-corrected chi connectivity index (χ0v) is 17.1. The van der Waals surface area contributed by atoms with Gasteiger partial charge in [-0.25, -0.2) is 12.8 Å². The van der Waals surface area contributed by atoms with Gasteiger partial charge in [0.2, 0.25) is 10.0 Å². The summed E-state index contributed by atoms with van der Waals surface area (Å²) < 4.78 is 40.8. The van der Waals surface area contributed by atoms with Crippen molar-refractivity contribution in [3.05, 3.63) is 95.1 Å². The highest BCUT2D eigenvalue weighted by atomic mass is 32.2. The summed E-state index contributed by atoms with van der Waals surface area (Å²) in [6.07, 6.45) is 1.36. The van der Waals surface area contributed by atoms with Crippen LogP contribution in [0.2, 0.25) is 0 Å². The summed E-state index contributed by atoms with van der Waals surface area (Å²) in [5, 5.41) is 0. The number of benzene rings is 2. The SMILES string of the molecule is Cc1cc(Cc2cccc(F)c2)cc([C@H]2CCN(S(=O)(=O)c3ccccc3)C2)n1. The van der Waals surface area contributed by atoms with E-state index < -0.39 is 10.0 Å². The van der Waals surface area contributed by atoms with E-state index in [4.69, 9.17) is 0 Å². The summed E-state index contributed by atoms with van der Waals surface area (Å²) >= 11 is 0. The topological polar surface area (TPSA) is 50.3 Å². The van der Waals surface area contributed by atoms with E-state index in [2.05, 4.69) is 4.98 Å². The minimum Gasteiger partial charge on any atom is -0.258 e. The van der Waals surface area contributed by atoms with Crippen molar-refractivity contribution >= 4 is 10.0 Å². The maximum Gasteiger partial charge on any atom is 0.243 e. The summed E-state index contributed by atoms with van der Waals surface area (Å²) in [5.74, 6) is -0.189. The minimum absolute atomic E-state index is 0.0552. The van der Waals surface area contributed by atoms with Gasteiger partial charge in [0.1, 0.15) is 5.82 Å². The summed E-state index contributed by atoms with van der Waals surface area (Å²) in [6.45, 7) is 2.84. The highest BCUT2D eigenvalue weighted by Crippen LogP contribution is 2.31. The Morgan fingerprint density at radius 2 is 1.83 bits per heavy atom. The molecule has 1 atom stereocenters. The van der Waals surface area contributed by atoms with Crippen LogP contribution < -0.4 is 0 Å². The third-order valence-corrected chi connectivity index (χ3v) is 7.16. The molecule has 1 aromatic heterocycles. The first-order valence-electron chi connectivity index (χ1n) is 9.69. The van der Waals surface area contributed by atoms with Gasteiger partial charge in [-0.3, -0.25) is 4.98 Å². The summed E-state index contributed by atoms with van der Waals surface area (Å²) in [6, 6.07) is 19.2. The lowest BCUT2D eigenvalue weighted by atomic mass is 9.98. The summed E-state index contributed by atoms with van der Waals surface area (Å²) in [5.41, 5.74) is 3.75. The van der Waals surface area contributed by atoms with Crippen molar-refractivity contribution in [1.82, 2.24) is 9.29 Å². The van der Waals surface area contributed by atoms with Gasteiger partial charge < -0.3 is 0 Å². The Bertz CT molecular complexity index is 1120. The van der Waals surface area contributed by atoms with Crippen molar-refractivity contribution in [3.63, 3.8) is 0 Å². The molecule has 3 aromatic rings. The van der Waals surface area contributed by atoms with Crippen LogP contribution in [0.25, 0.3) is 0 Å². The summed E-state index contributed by atoms with van der Waals surface area (Å²) in [4.78, 5) is 4.99. The molecule has 1 aliphatic heterocycles. The Kier molecular flexibility index (Phi) is 5.48. The molecule has 0 bridgehead atoms. The number of hydrogen-bond donors (Lipinski definition) is 0. The van der Waals surface area contributed by atoms with E-state index in [1.165, 1.54) is 6.07 Å². The maximum atomic E-state index is 13.5. The second-order valence-electron chi connectivity index (χ2n) is 7.51. The minimum atomic E-state index is -3.49. The molecular formula is C23H23FN2O2S. The van der Waals surface area contributed by atoms with Gasteiger partial charge >= 0.3 is 0 Å². The second kappa shape index (κ2) is 8.05. The molecular weight excluding hydrogens is 387 g/mol. The number of sulfonamides is 1. The standard InChI is InChI=1S/C23H23FN2O2S/c1-17-12-19(13-18-6-5-7-21(24)14-18)15-23(25-17)20-10-11-26(16-20)29(27,28)22-8-3-2-4-9-22/h2-9,12,14-15,20H,10-11,13,16H2,1H3/t20-/m0/s1. The third kappa shape index (κ3) is 4.38. The number of hydrogen-bond acceptors (Lipinski definition) is 3. The van der Waals surface area contributed by atoms with Crippen LogP contribution in [-0.4, -0.2) is 30.8 Å². The number of nitrogens with zero attached hydrogens (tertiary/aromatic N) is 2. The van der Waals surface area contributed by atoms with Crippen LogP contribution in [0, 0.1) is 12.7 Å².